The molecule has 0 aliphatic rings. The highest BCUT2D eigenvalue weighted by Gasteiger charge is 2.19. The summed E-state index contributed by atoms with van der Waals surface area (Å²) in [5.41, 5.74) is 0.818. The fourth-order valence-electron chi connectivity index (χ4n) is 2.69. The molecule has 0 spiro atoms. The van der Waals surface area contributed by atoms with Gasteiger partial charge in [0.05, 0.1) is 16.8 Å². The van der Waals surface area contributed by atoms with Gasteiger partial charge in [-0.05, 0) is 30.3 Å². The number of benzene rings is 2. The summed E-state index contributed by atoms with van der Waals surface area (Å²) in [6, 6.07) is 13.5. The second-order valence-electron chi connectivity index (χ2n) is 6.21. The van der Waals surface area contributed by atoms with Gasteiger partial charge in [0.15, 0.2) is 6.61 Å². The van der Waals surface area contributed by atoms with Crippen molar-refractivity contribution in [2.45, 2.75) is 13.2 Å². The SMILES string of the molecule is O=C(/C=C/c1ccc2ccccc2n1)OCC(=O)c1ccc(OC(F)F)cc1OC(F)F. The van der Waals surface area contributed by atoms with Crippen molar-refractivity contribution in [2.75, 3.05) is 6.61 Å². The molecule has 0 bridgehead atoms. The van der Waals surface area contributed by atoms with Gasteiger partial charge in [0, 0.05) is 17.5 Å². The van der Waals surface area contributed by atoms with Crippen LogP contribution in [0.1, 0.15) is 16.1 Å². The molecular formula is C22H15F4NO5. The third kappa shape index (κ3) is 6.27. The Morgan fingerprint density at radius 2 is 1.69 bits per heavy atom. The van der Waals surface area contributed by atoms with Crippen molar-refractivity contribution in [1.29, 1.82) is 0 Å². The van der Waals surface area contributed by atoms with Gasteiger partial charge >= 0.3 is 19.2 Å². The Hall–Kier alpha value is -3.95. The number of Topliss-reactive ketones (excluding diaryl/α,β-unsaturated/α-hetero) is 1. The molecule has 2 aromatic carbocycles. The normalized spacial score (nSPS) is 11.3. The number of nitrogens with zero attached hydrogens (tertiary/aromatic N) is 1. The predicted molar refractivity (Wildman–Crippen MR) is 106 cm³/mol. The Labute approximate surface area is 179 Å². The van der Waals surface area contributed by atoms with Crippen LogP contribution in [0.2, 0.25) is 0 Å². The first-order valence-corrected chi connectivity index (χ1v) is 9.09. The van der Waals surface area contributed by atoms with Crippen molar-refractivity contribution in [2.24, 2.45) is 0 Å². The van der Waals surface area contributed by atoms with Gasteiger partial charge in [0.1, 0.15) is 11.5 Å². The molecule has 166 valence electrons. The minimum atomic E-state index is -3.32. The van der Waals surface area contributed by atoms with Crippen molar-refractivity contribution < 1.29 is 41.4 Å². The second kappa shape index (κ2) is 10.4. The number of carbonyl (C=O) groups is 2. The Bertz CT molecular complexity index is 1150. The van der Waals surface area contributed by atoms with Gasteiger partial charge in [-0.1, -0.05) is 24.3 Å². The van der Waals surface area contributed by atoms with Gasteiger partial charge < -0.3 is 14.2 Å². The molecule has 0 aliphatic carbocycles. The number of carbonyl (C=O) groups excluding carboxylic acids is 2. The number of ether oxygens (including phenoxy) is 3. The van der Waals surface area contributed by atoms with Gasteiger partial charge in [0.25, 0.3) is 0 Å². The quantitative estimate of drug-likeness (QED) is 0.201. The smallest absolute Gasteiger partial charge is 0.387 e. The number of alkyl halides is 4. The topological polar surface area (TPSA) is 74.7 Å². The van der Waals surface area contributed by atoms with Crippen LogP contribution in [0.15, 0.2) is 60.7 Å². The van der Waals surface area contributed by atoms with E-state index in [-0.39, 0.29) is 5.56 Å². The Morgan fingerprint density at radius 1 is 0.938 bits per heavy atom. The average molecular weight is 449 g/mol. The molecule has 0 N–H and O–H groups in total. The predicted octanol–water partition coefficient (Wildman–Crippen LogP) is 4.88. The fraction of sp³-hybridized carbons (Fsp3) is 0.136. The first-order chi connectivity index (χ1) is 15.3. The summed E-state index contributed by atoms with van der Waals surface area (Å²) in [6.45, 7) is -7.30. The number of hydrogen-bond acceptors (Lipinski definition) is 6. The van der Waals surface area contributed by atoms with Gasteiger partial charge in [0.2, 0.25) is 5.78 Å². The van der Waals surface area contributed by atoms with Gasteiger partial charge in [-0.15, -0.1) is 0 Å². The van der Waals surface area contributed by atoms with E-state index in [0.29, 0.717) is 5.69 Å². The third-order valence-corrected chi connectivity index (χ3v) is 4.05. The van der Waals surface area contributed by atoms with Crippen molar-refractivity contribution in [3.8, 4) is 11.5 Å². The molecule has 0 fully saturated rings. The maximum absolute atomic E-state index is 12.6. The van der Waals surface area contributed by atoms with Crippen LogP contribution in [-0.2, 0) is 9.53 Å². The van der Waals surface area contributed by atoms with E-state index in [1.165, 1.54) is 6.08 Å². The van der Waals surface area contributed by atoms with Crippen LogP contribution in [0, 0.1) is 0 Å². The summed E-state index contributed by atoms with van der Waals surface area (Å²) in [5.74, 6) is -2.91. The minimum Gasteiger partial charge on any atom is -0.454 e. The van der Waals surface area contributed by atoms with Crippen molar-refractivity contribution in [1.82, 2.24) is 4.98 Å². The summed E-state index contributed by atoms with van der Waals surface area (Å²) in [5, 5.41) is 0.921. The van der Waals surface area contributed by atoms with Gasteiger partial charge in [-0.2, -0.15) is 17.6 Å². The second-order valence-corrected chi connectivity index (χ2v) is 6.21. The monoisotopic (exact) mass is 449 g/mol. The zero-order valence-electron chi connectivity index (χ0n) is 16.2. The molecule has 0 aliphatic heterocycles. The molecule has 10 heteroatoms. The molecular weight excluding hydrogens is 434 g/mol. The van der Waals surface area contributed by atoms with E-state index in [2.05, 4.69) is 14.5 Å². The van der Waals surface area contributed by atoms with Crippen LogP contribution in [0.4, 0.5) is 17.6 Å². The van der Waals surface area contributed by atoms with Crippen LogP contribution in [0.5, 0.6) is 11.5 Å². The molecule has 1 aromatic heterocycles. The van der Waals surface area contributed by atoms with E-state index in [0.717, 1.165) is 35.2 Å². The third-order valence-electron chi connectivity index (χ3n) is 4.05. The lowest BCUT2D eigenvalue weighted by atomic mass is 10.1. The number of ketones is 1. The maximum Gasteiger partial charge on any atom is 0.387 e. The number of para-hydroxylation sites is 1. The number of halogens is 4. The number of aromatic nitrogens is 1. The Kier molecular flexibility index (Phi) is 7.37. The number of pyridine rings is 1. The van der Waals surface area contributed by atoms with E-state index in [4.69, 9.17) is 4.74 Å². The molecule has 32 heavy (non-hydrogen) atoms. The Morgan fingerprint density at radius 3 is 2.44 bits per heavy atom. The number of fused-ring (bicyclic) bond motifs is 1. The van der Waals surface area contributed by atoms with Crippen molar-refractivity contribution >= 4 is 28.7 Å². The molecule has 0 amide bonds. The zero-order valence-corrected chi connectivity index (χ0v) is 16.2. The molecule has 3 aromatic rings. The first kappa shape index (κ1) is 22.7. The first-order valence-electron chi connectivity index (χ1n) is 9.09. The largest absolute Gasteiger partial charge is 0.454 e. The highest BCUT2D eigenvalue weighted by molar-refractivity contribution is 6.01. The van der Waals surface area contributed by atoms with Gasteiger partial charge in [-0.25, -0.2) is 9.78 Å². The number of esters is 1. The molecule has 0 atom stereocenters. The van der Waals surface area contributed by atoms with Crippen LogP contribution >= 0.6 is 0 Å². The van der Waals surface area contributed by atoms with E-state index in [9.17, 15) is 27.2 Å². The molecule has 0 saturated heterocycles. The van der Waals surface area contributed by atoms with E-state index < -0.39 is 43.1 Å². The molecule has 6 nitrogen and oxygen atoms in total. The average Bonchev–Trinajstić information content (AvgIpc) is 2.75. The summed E-state index contributed by atoms with van der Waals surface area (Å²) in [4.78, 5) is 28.5. The summed E-state index contributed by atoms with van der Waals surface area (Å²) in [7, 11) is 0. The molecule has 3 rings (SSSR count). The summed E-state index contributed by atoms with van der Waals surface area (Å²) < 4.78 is 63.0. The highest BCUT2D eigenvalue weighted by Crippen LogP contribution is 2.28. The lowest BCUT2D eigenvalue weighted by Gasteiger charge is -2.12. The van der Waals surface area contributed by atoms with Crippen LogP contribution < -0.4 is 9.47 Å². The molecule has 0 saturated carbocycles. The number of hydrogen-bond donors (Lipinski definition) is 0. The van der Waals surface area contributed by atoms with Crippen LogP contribution in [-0.4, -0.2) is 36.6 Å². The minimum absolute atomic E-state index is 0.389. The van der Waals surface area contributed by atoms with E-state index in [1.807, 2.05) is 24.3 Å². The lowest BCUT2D eigenvalue weighted by molar-refractivity contribution is -0.136. The maximum atomic E-state index is 12.6. The summed E-state index contributed by atoms with van der Waals surface area (Å²) in [6.07, 6.45) is 2.45. The summed E-state index contributed by atoms with van der Waals surface area (Å²) >= 11 is 0. The standard InChI is InChI=1S/C22H15F4NO5/c23-21(24)31-15-8-9-16(19(11-15)32-22(25)26)18(28)12-30-20(29)10-7-14-6-5-13-3-1-2-4-17(13)27-14/h1-11,21-22H,12H2/b10-7+. The lowest BCUT2D eigenvalue weighted by Crippen LogP contribution is -2.15. The number of rotatable bonds is 9. The van der Waals surface area contributed by atoms with Crippen LogP contribution in [0.25, 0.3) is 17.0 Å². The van der Waals surface area contributed by atoms with Crippen LogP contribution in [0.3, 0.4) is 0 Å². The Balaban J connectivity index is 1.64. The van der Waals surface area contributed by atoms with E-state index in [1.54, 1.807) is 12.1 Å². The van der Waals surface area contributed by atoms with Crippen molar-refractivity contribution in [3.05, 3.63) is 71.9 Å². The van der Waals surface area contributed by atoms with Gasteiger partial charge in [-0.3, -0.25) is 4.79 Å². The highest BCUT2D eigenvalue weighted by atomic mass is 19.3. The van der Waals surface area contributed by atoms with E-state index >= 15 is 0 Å². The molecule has 0 unspecified atom stereocenters. The zero-order chi connectivity index (χ0) is 23.1. The van der Waals surface area contributed by atoms with Crippen molar-refractivity contribution in [3.63, 3.8) is 0 Å². The molecule has 1 heterocycles. The fourth-order valence-corrected chi connectivity index (χ4v) is 2.69. The molecule has 0 radical (unpaired) electrons.